The van der Waals surface area contributed by atoms with E-state index < -0.39 is 30.2 Å². The third kappa shape index (κ3) is 6.03. The van der Waals surface area contributed by atoms with Gasteiger partial charge in [0.2, 0.25) is 25.3 Å². The maximum atomic E-state index is 13.3. The average molecular weight is 501 g/mol. The number of hydrogen-bond acceptors (Lipinski definition) is 4. The van der Waals surface area contributed by atoms with Crippen molar-refractivity contribution >= 4 is 47.1 Å². The molecular formula is C16H20BrClFNO5SSi. The fourth-order valence-corrected chi connectivity index (χ4v) is 4.18. The molecule has 0 saturated carbocycles. The highest BCUT2D eigenvalue weighted by Crippen LogP contribution is 2.50. The van der Waals surface area contributed by atoms with Gasteiger partial charge in [-0.3, -0.25) is 4.55 Å². The van der Waals surface area contributed by atoms with Crippen LogP contribution in [0.15, 0.2) is 22.6 Å². The van der Waals surface area contributed by atoms with Crippen molar-refractivity contribution in [2.75, 3.05) is 6.54 Å². The van der Waals surface area contributed by atoms with Crippen LogP contribution < -0.4 is 9.15 Å². The molecule has 0 aliphatic rings. The Kier molecular flexibility index (Phi) is 7.51. The summed E-state index contributed by atoms with van der Waals surface area (Å²) in [5.74, 6) is -0.127. The Hall–Kier alpha value is -0.913. The predicted molar refractivity (Wildman–Crippen MR) is 110 cm³/mol. The molecule has 1 aromatic carbocycles. The maximum Gasteiger partial charge on any atom is 0.242 e. The van der Waals surface area contributed by atoms with Crippen LogP contribution in [0.5, 0.6) is 11.5 Å². The van der Waals surface area contributed by atoms with Crippen LogP contribution in [-0.2, 0) is 11.3 Å². The van der Waals surface area contributed by atoms with Gasteiger partial charge in [-0.1, -0.05) is 27.5 Å². The second-order valence-corrected chi connectivity index (χ2v) is 13.4. The minimum absolute atomic E-state index is 0.0754. The van der Waals surface area contributed by atoms with Gasteiger partial charge in [0.25, 0.3) is 0 Å². The molecule has 2 unspecified atom stereocenters. The van der Waals surface area contributed by atoms with E-state index in [1.54, 1.807) is 0 Å². The lowest BCUT2D eigenvalue weighted by atomic mass is 10.1. The summed E-state index contributed by atoms with van der Waals surface area (Å²) in [5.41, 5.74) is 0.330. The van der Waals surface area contributed by atoms with Gasteiger partial charge in [-0.2, -0.15) is 0 Å². The van der Waals surface area contributed by atoms with E-state index in [2.05, 4.69) is 20.7 Å². The van der Waals surface area contributed by atoms with Gasteiger partial charge in [-0.15, -0.1) is 0 Å². The van der Waals surface area contributed by atoms with Gasteiger partial charge in [0, 0.05) is 12.1 Å². The van der Waals surface area contributed by atoms with E-state index in [-0.39, 0.29) is 28.8 Å². The molecule has 11 heteroatoms. The average Bonchev–Trinajstić information content (AvgIpc) is 2.82. The zero-order chi connectivity index (χ0) is 20.4. The van der Waals surface area contributed by atoms with Crippen LogP contribution in [0.2, 0.25) is 24.7 Å². The first-order valence-corrected chi connectivity index (χ1v) is 13.8. The minimum Gasteiger partial charge on any atom is -0.539 e. The van der Waals surface area contributed by atoms with E-state index in [9.17, 15) is 13.7 Å². The molecule has 0 fully saturated rings. The molecule has 0 bridgehead atoms. The van der Waals surface area contributed by atoms with Crippen molar-refractivity contribution in [2.24, 2.45) is 0 Å². The highest BCUT2D eigenvalue weighted by Gasteiger charge is 2.31. The van der Waals surface area contributed by atoms with Crippen LogP contribution in [0.25, 0.3) is 11.3 Å². The lowest BCUT2D eigenvalue weighted by Crippen LogP contribution is -2.29. The van der Waals surface area contributed by atoms with Gasteiger partial charge >= 0.3 is 0 Å². The highest BCUT2D eigenvalue weighted by atomic mass is 79.9. The van der Waals surface area contributed by atoms with Crippen LogP contribution in [-0.4, -0.2) is 28.7 Å². The first-order chi connectivity index (χ1) is 12.5. The van der Waals surface area contributed by atoms with Gasteiger partial charge in [0.15, 0.2) is 17.3 Å². The zero-order valence-corrected chi connectivity index (χ0v) is 19.0. The SMILES string of the molecule is C[Si](C)(C)Oc1c(C(Br)CCNS(=O)O)oc(-c2ccc(F)cc2Cl)c1O. The lowest BCUT2D eigenvalue weighted by Gasteiger charge is -2.20. The van der Waals surface area contributed by atoms with Crippen molar-refractivity contribution in [3.8, 4) is 22.8 Å². The number of benzene rings is 1. The van der Waals surface area contributed by atoms with Gasteiger partial charge in [-0.25, -0.2) is 13.3 Å². The van der Waals surface area contributed by atoms with E-state index >= 15 is 0 Å². The van der Waals surface area contributed by atoms with E-state index in [1.807, 2.05) is 19.6 Å². The Bertz CT molecular complexity index is 845. The fourth-order valence-electron chi connectivity index (χ4n) is 2.30. The molecule has 2 atom stereocenters. The number of alkyl halides is 1. The third-order valence-electron chi connectivity index (χ3n) is 3.36. The minimum atomic E-state index is -2.12. The molecule has 3 N–H and O–H groups in total. The second kappa shape index (κ2) is 9.06. The van der Waals surface area contributed by atoms with Crippen LogP contribution in [0.4, 0.5) is 4.39 Å². The Morgan fingerprint density at radius 2 is 2.11 bits per heavy atom. The number of furan rings is 1. The molecule has 0 aliphatic heterocycles. The van der Waals surface area contributed by atoms with Crippen molar-refractivity contribution in [3.63, 3.8) is 0 Å². The van der Waals surface area contributed by atoms with Gasteiger partial charge in [-0.05, 0) is 44.3 Å². The van der Waals surface area contributed by atoms with Crippen molar-refractivity contribution in [2.45, 2.75) is 30.9 Å². The van der Waals surface area contributed by atoms with E-state index in [0.717, 1.165) is 6.07 Å². The molecule has 2 rings (SSSR count). The Balaban J connectivity index is 2.46. The number of hydrogen-bond donors (Lipinski definition) is 3. The molecule has 0 spiro atoms. The van der Waals surface area contributed by atoms with Crippen molar-refractivity contribution in [3.05, 3.63) is 34.8 Å². The Morgan fingerprint density at radius 3 is 2.67 bits per heavy atom. The molecule has 0 aliphatic carbocycles. The zero-order valence-electron chi connectivity index (χ0n) is 14.9. The highest BCUT2D eigenvalue weighted by molar-refractivity contribution is 9.09. The second-order valence-electron chi connectivity index (χ2n) is 6.71. The predicted octanol–water partition coefficient (Wildman–Crippen LogP) is 5.21. The third-order valence-corrected chi connectivity index (χ3v) is 5.81. The molecular weight excluding hydrogens is 481 g/mol. The Labute approximate surface area is 173 Å². The molecule has 0 amide bonds. The van der Waals surface area contributed by atoms with E-state index in [0.29, 0.717) is 17.7 Å². The smallest absolute Gasteiger partial charge is 0.242 e. The van der Waals surface area contributed by atoms with Crippen molar-refractivity contribution in [1.82, 2.24) is 4.72 Å². The van der Waals surface area contributed by atoms with Crippen LogP contribution >= 0.6 is 27.5 Å². The summed E-state index contributed by atoms with van der Waals surface area (Å²) >= 11 is 7.44. The van der Waals surface area contributed by atoms with Crippen LogP contribution in [0.1, 0.15) is 17.0 Å². The molecule has 27 heavy (non-hydrogen) atoms. The van der Waals surface area contributed by atoms with E-state index in [4.69, 9.17) is 25.0 Å². The lowest BCUT2D eigenvalue weighted by molar-refractivity contribution is 0.438. The summed E-state index contributed by atoms with van der Waals surface area (Å²) in [6, 6.07) is 3.76. The molecule has 150 valence electrons. The first-order valence-electron chi connectivity index (χ1n) is 7.98. The monoisotopic (exact) mass is 499 g/mol. The number of rotatable bonds is 8. The topological polar surface area (TPSA) is 91.9 Å². The number of nitrogens with one attached hydrogen (secondary N) is 1. The summed E-state index contributed by atoms with van der Waals surface area (Å²) in [7, 11) is -2.10. The molecule has 0 radical (unpaired) electrons. The summed E-state index contributed by atoms with van der Waals surface area (Å²) in [5, 5.41) is 10.8. The quantitative estimate of drug-likeness (QED) is 0.263. The largest absolute Gasteiger partial charge is 0.539 e. The molecule has 0 saturated heterocycles. The van der Waals surface area contributed by atoms with Crippen LogP contribution in [0, 0.1) is 5.82 Å². The van der Waals surface area contributed by atoms with Gasteiger partial charge < -0.3 is 13.9 Å². The van der Waals surface area contributed by atoms with E-state index in [1.165, 1.54) is 12.1 Å². The summed E-state index contributed by atoms with van der Waals surface area (Å²) < 4.78 is 47.1. The van der Waals surface area contributed by atoms with Crippen molar-refractivity contribution < 1.29 is 27.1 Å². The standard InChI is InChI=1S/C16H20BrClFNO5SSi/c1-27(2,3)25-16-13(21)14(10-5-4-9(19)8-12(10)18)24-15(16)11(17)6-7-20-26(22)23/h4-5,8,11,20-21H,6-7H2,1-3H3,(H,22,23). The molecule has 1 aromatic heterocycles. The maximum absolute atomic E-state index is 13.3. The summed E-state index contributed by atoms with van der Waals surface area (Å²) in [6.07, 6.45) is 0.387. The normalized spacial score (nSPS) is 14.2. The van der Waals surface area contributed by atoms with Crippen molar-refractivity contribution in [1.29, 1.82) is 0 Å². The van der Waals surface area contributed by atoms with Gasteiger partial charge in [0.1, 0.15) is 5.82 Å². The molecule has 2 aromatic rings. The fraction of sp³-hybridized carbons (Fsp3) is 0.375. The Morgan fingerprint density at radius 1 is 1.44 bits per heavy atom. The number of aromatic hydroxyl groups is 1. The summed E-state index contributed by atoms with van der Waals surface area (Å²) in [6.45, 7) is 6.08. The first kappa shape index (κ1) is 22.4. The molecule has 1 heterocycles. The van der Waals surface area contributed by atoms with Crippen LogP contribution in [0.3, 0.4) is 0 Å². The number of halogens is 3. The molecule has 6 nitrogen and oxygen atoms in total. The summed E-state index contributed by atoms with van der Waals surface area (Å²) in [4.78, 5) is -0.404. The van der Waals surface area contributed by atoms with Gasteiger partial charge in [0.05, 0.1) is 9.85 Å².